The van der Waals surface area contributed by atoms with Crippen LogP contribution in [0.2, 0.25) is 5.02 Å². The maximum absolute atomic E-state index is 13.4. The number of benzene rings is 2. The number of halogens is 1. The molecule has 2 heterocycles. The molecule has 2 amide bonds. The van der Waals surface area contributed by atoms with Gasteiger partial charge in [0.25, 0.3) is 5.91 Å². The number of carbonyl (C=O) groups excluding carboxylic acids is 2. The zero-order valence-electron chi connectivity index (χ0n) is 16.9. The first-order valence-electron chi connectivity index (χ1n) is 10.5. The molecule has 30 heavy (non-hydrogen) atoms. The Kier molecular flexibility index (Phi) is 6.80. The monoisotopic (exact) mass is 440 g/mol. The largest absolute Gasteiger partial charge is 0.339 e. The third kappa shape index (κ3) is 4.73. The van der Waals surface area contributed by atoms with Crippen LogP contribution in [0, 0.1) is 0 Å². The van der Waals surface area contributed by atoms with E-state index in [9.17, 15) is 9.59 Å². The van der Waals surface area contributed by atoms with Crippen LogP contribution in [0.4, 0.5) is 5.69 Å². The Morgan fingerprint density at radius 3 is 2.40 bits per heavy atom. The molecule has 0 bridgehead atoms. The minimum Gasteiger partial charge on any atom is -0.339 e. The van der Waals surface area contributed by atoms with E-state index in [1.54, 1.807) is 4.90 Å². The number of nitrogens with zero attached hydrogens (tertiary/aromatic N) is 2. The van der Waals surface area contributed by atoms with E-state index >= 15 is 0 Å². The molecule has 0 radical (unpaired) electrons. The van der Waals surface area contributed by atoms with Crippen LogP contribution in [0.3, 0.4) is 0 Å². The summed E-state index contributed by atoms with van der Waals surface area (Å²) in [6.07, 6.45) is 7.14. The second-order valence-corrected chi connectivity index (χ2v) is 9.15. The summed E-state index contributed by atoms with van der Waals surface area (Å²) in [6.45, 7) is 1.90. The van der Waals surface area contributed by atoms with Gasteiger partial charge in [-0.3, -0.25) is 9.59 Å². The van der Waals surface area contributed by atoms with Crippen molar-refractivity contribution in [1.29, 1.82) is 0 Å². The zero-order valence-corrected chi connectivity index (χ0v) is 18.4. The summed E-state index contributed by atoms with van der Waals surface area (Å²) in [7, 11) is 0. The number of amides is 2. The summed E-state index contributed by atoms with van der Waals surface area (Å²) in [5.74, 6) is -0.219. The van der Waals surface area contributed by atoms with Gasteiger partial charge in [0.1, 0.15) is 0 Å². The molecular weight excluding hydrogens is 416 g/mol. The fourth-order valence-corrected chi connectivity index (χ4v) is 5.11. The lowest BCUT2D eigenvalue weighted by molar-refractivity contribution is -0.126. The predicted molar refractivity (Wildman–Crippen MR) is 123 cm³/mol. The minimum atomic E-state index is -0.154. The van der Waals surface area contributed by atoms with Gasteiger partial charge in [0.2, 0.25) is 5.91 Å². The van der Waals surface area contributed by atoms with Crippen LogP contribution < -0.4 is 4.90 Å². The number of carbonyl (C=O) groups is 2. The smallest absolute Gasteiger partial charge is 0.265 e. The summed E-state index contributed by atoms with van der Waals surface area (Å²) in [5.41, 5.74) is 1.73. The molecule has 1 fully saturated rings. The molecule has 0 atom stereocenters. The van der Waals surface area contributed by atoms with Crippen molar-refractivity contribution < 1.29 is 9.59 Å². The second kappa shape index (κ2) is 9.71. The molecule has 0 saturated carbocycles. The van der Waals surface area contributed by atoms with Crippen molar-refractivity contribution in [2.24, 2.45) is 0 Å². The third-order valence-corrected chi connectivity index (χ3v) is 6.99. The van der Waals surface area contributed by atoms with Crippen LogP contribution in [0.15, 0.2) is 64.4 Å². The standard InChI is InChI=1S/C24H25ClN2O2S/c25-19-11-5-4-10-18(19)17-27-20-12-6-7-13-21(20)30-22(24(27)29)16-23(28)26-14-8-2-1-3-9-15-26/h4-7,10-13,16H,1-3,8-9,14-15,17H2/b22-16+. The fraction of sp³-hybridized carbons (Fsp3) is 0.333. The Morgan fingerprint density at radius 1 is 0.967 bits per heavy atom. The Balaban J connectivity index is 1.62. The lowest BCUT2D eigenvalue weighted by atomic mass is 10.1. The van der Waals surface area contributed by atoms with Crippen LogP contribution in [0.1, 0.15) is 37.7 Å². The van der Waals surface area contributed by atoms with Crippen molar-refractivity contribution in [2.75, 3.05) is 18.0 Å². The molecule has 2 aromatic rings. The van der Waals surface area contributed by atoms with Crippen LogP contribution in [0.5, 0.6) is 0 Å². The van der Waals surface area contributed by atoms with Crippen molar-refractivity contribution in [1.82, 2.24) is 4.90 Å². The molecular formula is C24H25ClN2O2S. The highest BCUT2D eigenvalue weighted by molar-refractivity contribution is 8.04. The molecule has 4 rings (SSSR count). The summed E-state index contributed by atoms with van der Waals surface area (Å²) < 4.78 is 0. The Morgan fingerprint density at radius 2 is 1.63 bits per heavy atom. The van der Waals surface area contributed by atoms with E-state index in [-0.39, 0.29) is 11.8 Å². The first-order chi connectivity index (χ1) is 14.6. The SMILES string of the molecule is O=C(/C=C1/Sc2ccccc2N(Cc2ccccc2Cl)C1=O)N1CCCCCCC1. The molecule has 156 valence electrons. The van der Waals surface area contributed by atoms with Crippen molar-refractivity contribution in [3.05, 3.63) is 70.1 Å². The van der Waals surface area contributed by atoms with E-state index in [0.717, 1.165) is 54.9 Å². The lowest BCUT2D eigenvalue weighted by Crippen LogP contribution is -2.36. The quantitative estimate of drug-likeness (QED) is 0.578. The molecule has 1 saturated heterocycles. The molecule has 0 aromatic heterocycles. The normalized spacial score (nSPS) is 18.7. The molecule has 0 unspecified atom stereocenters. The number of hydrogen-bond acceptors (Lipinski definition) is 3. The van der Waals surface area contributed by atoms with E-state index < -0.39 is 0 Å². The van der Waals surface area contributed by atoms with E-state index in [1.165, 1.54) is 24.3 Å². The number of likely N-dealkylation sites (tertiary alicyclic amines) is 1. The predicted octanol–water partition coefficient (Wildman–Crippen LogP) is 5.66. The van der Waals surface area contributed by atoms with Crippen LogP contribution >= 0.6 is 23.4 Å². The maximum atomic E-state index is 13.4. The van der Waals surface area contributed by atoms with E-state index in [2.05, 4.69) is 0 Å². The molecule has 2 aliphatic rings. The van der Waals surface area contributed by atoms with Crippen LogP contribution in [-0.4, -0.2) is 29.8 Å². The lowest BCUT2D eigenvalue weighted by Gasteiger charge is -2.31. The summed E-state index contributed by atoms with van der Waals surface area (Å²) in [4.78, 5) is 31.4. The minimum absolute atomic E-state index is 0.0650. The summed E-state index contributed by atoms with van der Waals surface area (Å²) in [5, 5.41) is 0.628. The number of para-hydroxylation sites is 1. The second-order valence-electron chi connectivity index (χ2n) is 7.65. The van der Waals surface area contributed by atoms with E-state index in [1.807, 2.05) is 53.4 Å². The molecule has 4 nitrogen and oxygen atoms in total. The number of hydrogen-bond donors (Lipinski definition) is 0. The van der Waals surface area contributed by atoms with Gasteiger partial charge in [-0.15, -0.1) is 0 Å². The van der Waals surface area contributed by atoms with Gasteiger partial charge in [0.15, 0.2) is 0 Å². The van der Waals surface area contributed by atoms with Gasteiger partial charge in [-0.05, 0) is 36.6 Å². The highest BCUT2D eigenvalue weighted by Gasteiger charge is 2.30. The van der Waals surface area contributed by atoms with Crippen molar-refractivity contribution >= 4 is 40.9 Å². The first-order valence-corrected chi connectivity index (χ1v) is 11.7. The number of thioether (sulfide) groups is 1. The highest BCUT2D eigenvalue weighted by Crippen LogP contribution is 2.42. The van der Waals surface area contributed by atoms with Gasteiger partial charge < -0.3 is 9.80 Å². The van der Waals surface area contributed by atoms with Gasteiger partial charge in [-0.1, -0.05) is 73.0 Å². The highest BCUT2D eigenvalue weighted by atomic mass is 35.5. The van der Waals surface area contributed by atoms with Crippen molar-refractivity contribution in [2.45, 2.75) is 43.5 Å². The Labute approximate surface area is 186 Å². The first kappa shape index (κ1) is 21.0. The topological polar surface area (TPSA) is 40.6 Å². The van der Waals surface area contributed by atoms with Gasteiger partial charge in [0, 0.05) is 29.1 Å². The Bertz CT molecular complexity index is 967. The summed E-state index contributed by atoms with van der Waals surface area (Å²) in [6, 6.07) is 15.3. The molecule has 0 aliphatic carbocycles. The van der Waals surface area contributed by atoms with Gasteiger partial charge >= 0.3 is 0 Å². The fourth-order valence-electron chi connectivity index (χ4n) is 3.89. The van der Waals surface area contributed by atoms with Crippen LogP contribution in [0.25, 0.3) is 0 Å². The number of anilines is 1. The van der Waals surface area contributed by atoms with Crippen LogP contribution in [-0.2, 0) is 16.1 Å². The zero-order chi connectivity index (χ0) is 20.9. The van der Waals surface area contributed by atoms with Crippen molar-refractivity contribution in [3.8, 4) is 0 Å². The molecule has 0 N–H and O–H groups in total. The molecule has 6 heteroatoms. The number of rotatable bonds is 3. The molecule has 2 aromatic carbocycles. The average molecular weight is 441 g/mol. The average Bonchev–Trinajstić information content (AvgIpc) is 2.72. The number of fused-ring (bicyclic) bond motifs is 1. The third-order valence-electron chi connectivity index (χ3n) is 5.54. The van der Waals surface area contributed by atoms with Gasteiger partial charge in [0.05, 0.1) is 17.1 Å². The van der Waals surface area contributed by atoms with Gasteiger partial charge in [-0.2, -0.15) is 0 Å². The molecule has 2 aliphatic heterocycles. The van der Waals surface area contributed by atoms with E-state index in [4.69, 9.17) is 11.6 Å². The molecule has 0 spiro atoms. The summed E-state index contributed by atoms with van der Waals surface area (Å²) >= 11 is 7.73. The maximum Gasteiger partial charge on any atom is 0.265 e. The van der Waals surface area contributed by atoms with E-state index in [0.29, 0.717) is 16.5 Å². The van der Waals surface area contributed by atoms with Crippen molar-refractivity contribution in [3.63, 3.8) is 0 Å². The Hall–Kier alpha value is -2.24. The van der Waals surface area contributed by atoms with Gasteiger partial charge in [-0.25, -0.2) is 0 Å².